The van der Waals surface area contributed by atoms with Crippen molar-refractivity contribution in [2.75, 3.05) is 13.2 Å². The fourth-order valence-corrected chi connectivity index (χ4v) is 6.64. The first-order valence-electron chi connectivity index (χ1n) is 17.0. The van der Waals surface area contributed by atoms with E-state index in [1.54, 1.807) is 45.0 Å². The Kier molecular flexibility index (Phi) is 10.4. The van der Waals surface area contributed by atoms with Gasteiger partial charge in [-0.2, -0.15) is 0 Å². The molecule has 0 saturated heterocycles. The van der Waals surface area contributed by atoms with E-state index in [0.29, 0.717) is 35.5 Å². The van der Waals surface area contributed by atoms with Crippen molar-refractivity contribution in [3.05, 3.63) is 135 Å². The summed E-state index contributed by atoms with van der Waals surface area (Å²) in [6.07, 6.45) is -0.641. The standard InChI is InChI=1S/C40H41N5O6/c1-39(2,3)51-34(47)21-22-40(38(48)43-35-32-15-8-6-13-30(32)31-14-7-9-16-33(31)35)36(29-12-5-4-11-27(29)25-42-45-41)50-37(44-40)26-17-19-28(20-18-26)49-24-10-23-46/h4-9,11-20,35-36,46H,10,21-25H2,1-3H3,(H,43,48)/t36-,40-/m1/s1. The van der Waals surface area contributed by atoms with Crippen LogP contribution in [0, 0.1) is 0 Å². The molecule has 2 atom stereocenters. The van der Waals surface area contributed by atoms with Crippen molar-refractivity contribution in [3.8, 4) is 16.9 Å². The zero-order valence-electron chi connectivity index (χ0n) is 28.9. The van der Waals surface area contributed by atoms with Crippen molar-refractivity contribution in [3.63, 3.8) is 0 Å². The summed E-state index contributed by atoms with van der Waals surface area (Å²) >= 11 is 0. The number of amides is 1. The summed E-state index contributed by atoms with van der Waals surface area (Å²) < 4.78 is 18.1. The fraction of sp³-hybridized carbons (Fsp3) is 0.325. The molecule has 0 fully saturated rings. The lowest BCUT2D eigenvalue weighted by molar-refractivity contribution is -0.155. The molecule has 2 aliphatic rings. The van der Waals surface area contributed by atoms with Gasteiger partial charge in [0.25, 0.3) is 5.91 Å². The molecule has 2 N–H and O–H groups in total. The highest BCUT2D eigenvalue weighted by molar-refractivity contribution is 6.01. The number of rotatable bonds is 13. The summed E-state index contributed by atoms with van der Waals surface area (Å²) in [7, 11) is 0. The number of nitrogens with zero attached hydrogens (tertiary/aromatic N) is 4. The van der Waals surface area contributed by atoms with Gasteiger partial charge in [-0.3, -0.25) is 9.59 Å². The van der Waals surface area contributed by atoms with Gasteiger partial charge in [-0.1, -0.05) is 77.9 Å². The molecule has 0 saturated carbocycles. The second-order valence-corrected chi connectivity index (χ2v) is 13.5. The van der Waals surface area contributed by atoms with Crippen LogP contribution in [-0.2, 0) is 25.6 Å². The van der Waals surface area contributed by atoms with Gasteiger partial charge >= 0.3 is 5.97 Å². The Labute approximate surface area is 296 Å². The third kappa shape index (κ3) is 7.60. The summed E-state index contributed by atoms with van der Waals surface area (Å²) in [4.78, 5) is 36.5. The predicted molar refractivity (Wildman–Crippen MR) is 193 cm³/mol. The number of aliphatic imine (C=N–C) groups is 1. The monoisotopic (exact) mass is 687 g/mol. The molecular formula is C40H41N5O6. The van der Waals surface area contributed by atoms with Crippen molar-refractivity contribution in [1.82, 2.24) is 5.32 Å². The van der Waals surface area contributed by atoms with Crippen LogP contribution in [0.1, 0.15) is 80.0 Å². The van der Waals surface area contributed by atoms with Crippen molar-refractivity contribution < 1.29 is 28.9 Å². The van der Waals surface area contributed by atoms with Gasteiger partial charge in [-0.25, -0.2) is 4.99 Å². The molecule has 51 heavy (non-hydrogen) atoms. The number of aliphatic hydroxyl groups is 1. The van der Waals surface area contributed by atoms with Crippen LogP contribution in [-0.4, -0.2) is 47.2 Å². The third-order valence-corrected chi connectivity index (χ3v) is 8.91. The van der Waals surface area contributed by atoms with E-state index in [-0.39, 0.29) is 31.9 Å². The number of carbonyl (C=O) groups excluding carboxylic acids is 2. The van der Waals surface area contributed by atoms with E-state index in [9.17, 15) is 10.3 Å². The number of fused-ring (bicyclic) bond motifs is 3. The molecule has 11 heteroatoms. The minimum atomic E-state index is -1.64. The number of nitrogens with one attached hydrogen (secondary N) is 1. The van der Waals surface area contributed by atoms with Gasteiger partial charge in [-0.15, -0.1) is 0 Å². The van der Waals surface area contributed by atoms with Crippen molar-refractivity contribution >= 4 is 17.8 Å². The number of esters is 1. The second kappa shape index (κ2) is 15.1. The molecule has 0 unspecified atom stereocenters. The number of ether oxygens (including phenoxy) is 3. The lowest BCUT2D eigenvalue weighted by Gasteiger charge is -2.33. The molecule has 4 aromatic rings. The molecule has 0 aromatic heterocycles. The predicted octanol–water partition coefficient (Wildman–Crippen LogP) is 7.52. The average molecular weight is 688 g/mol. The van der Waals surface area contributed by atoms with E-state index >= 15 is 4.79 Å². The molecule has 1 aliphatic heterocycles. The number of hydrogen-bond acceptors (Lipinski definition) is 8. The van der Waals surface area contributed by atoms with Crippen LogP contribution in [0.15, 0.2) is 107 Å². The smallest absolute Gasteiger partial charge is 0.306 e. The zero-order chi connectivity index (χ0) is 36.0. The van der Waals surface area contributed by atoms with E-state index in [4.69, 9.17) is 24.3 Å². The van der Waals surface area contributed by atoms with E-state index in [1.807, 2.05) is 72.8 Å². The number of carbonyl (C=O) groups is 2. The number of hydrogen-bond donors (Lipinski definition) is 2. The normalized spacial score (nSPS) is 17.7. The largest absolute Gasteiger partial charge is 0.494 e. The van der Waals surface area contributed by atoms with Crippen LogP contribution in [0.5, 0.6) is 5.75 Å². The Balaban J connectivity index is 1.46. The SMILES string of the molecule is CC(C)(C)OC(=O)CC[C@@]1(C(=O)NC2c3ccccc3-c3ccccc32)N=C(c2ccc(OCCCO)cc2)O[C@@H]1c1ccccc1CN=[N+]=[N-]. The molecule has 0 radical (unpaired) electrons. The van der Waals surface area contributed by atoms with Crippen molar-refractivity contribution in [2.45, 2.75) is 69.9 Å². The summed E-state index contributed by atoms with van der Waals surface area (Å²) in [6.45, 7) is 5.79. The molecule has 262 valence electrons. The summed E-state index contributed by atoms with van der Waals surface area (Å²) in [6, 6.07) is 29.9. The highest BCUT2D eigenvalue weighted by atomic mass is 16.6. The molecule has 1 amide bonds. The maximum absolute atomic E-state index is 15.2. The van der Waals surface area contributed by atoms with Crippen LogP contribution in [0.2, 0.25) is 0 Å². The molecule has 11 nitrogen and oxygen atoms in total. The minimum absolute atomic E-state index is 0.0227. The van der Waals surface area contributed by atoms with Crippen molar-refractivity contribution in [1.29, 1.82) is 0 Å². The highest BCUT2D eigenvalue weighted by Crippen LogP contribution is 2.47. The van der Waals surface area contributed by atoms with Crippen LogP contribution >= 0.6 is 0 Å². The Bertz CT molecular complexity index is 1940. The van der Waals surface area contributed by atoms with Crippen LogP contribution < -0.4 is 10.1 Å². The Morgan fingerprint density at radius 1 is 0.941 bits per heavy atom. The quantitative estimate of drug-likeness (QED) is 0.0487. The van der Waals surface area contributed by atoms with Crippen LogP contribution in [0.4, 0.5) is 0 Å². The van der Waals surface area contributed by atoms with Gasteiger partial charge in [0.05, 0.1) is 19.2 Å². The minimum Gasteiger partial charge on any atom is -0.494 e. The van der Waals surface area contributed by atoms with Gasteiger partial charge in [-0.05, 0) is 90.4 Å². The van der Waals surface area contributed by atoms with E-state index in [2.05, 4.69) is 15.3 Å². The number of aliphatic hydroxyl groups excluding tert-OH is 1. The first kappa shape index (κ1) is 35.2. The van der Waals surface area contributed by atoms with Gasteiger partial charge in [0, 0.05) is 29.9 Å². The Morgan fingerprint density at radius 3 is 2.20 bits per heavy atom. The number of benzene rings is 4. The second-order valence-electron chi connectivity index (χ2n) is 13.5. The van der Waals surface area contributed by atoms with Gasteiger partial charge in [0.2, 0.25) is 5.90 Å². The lowest BCUT2D eigenvalue weighted by atomic mass is 9.81. The fourth-order valence-electron chi connectivity index (χ4n) is 6.64. The molecule has 4 aromatic carbocycles. The first-order chi connectivity index (χ1) is 24.6. The maximum atomic E-state index is 15.2. The molecule has 6 rings (SSSR count). The Morgan fingerprint density at radius 2 is 1.57 bits per heavy atom. The van der Waals surface area contributed by atoms with Gasteiger partial charge < -0.3 is 24.6 Å². The summed E-state index contributed by atoms with van der Waals surface area (Å²) in [5.74, 6) is -0.0768. The lowest BCUT2D eigenvalue weighted by Crippen LogP contribution is -2.49. The highest BCUT2D eigenvalue weighted by Gasteiger charge is 2.54. The van der Waals surface area contributed by atoms with E-state index < -0.39 is 35.2 Å². The van der Waals surface area contributed by atoms with E-state index in [0.717, 1.165) is 22.3 Å². The molecule has 0 bridgehead atoms. The number of azide groups is 1. The van der Waals surface area contributed by atoms with Crippen LogP contribution in [0.3, 0.4) is 0 Å². The topological polar surface area (TPSA) is 155 Å². The van der Waals surface area contributed by atoms with Crippen LogP contribution in [0.25, 0.3) is 21.6 Å². The van der Waals surface area contributed by atoms with Gasteiger partial charge in [0.1, 0.15) is 11.4 Å². The van der Waals surface area contributed by atoms with Gasteiger partial charge in [0.15, 0.2) is 11.6 Å². The molecule has 1 heterocycles. The Hall–Kier alpha value is -5.64. The molecular weight excluding hydrogens is 646 g/mol. The maximum Gasteiger partial charge on any atom is 0.306 e. The average Bonchev–Trinajstić information content (AvgIpc) is 3.67. The molecule has 1 aliphatic carbocycles. The summed E-state index contributed by atoms with van der Waals surface area (Å²) in [5, 5.41) is 16.3. The molecule has 0 spiro atoms. The third-order valence-electron chi connectivity index (χ3n) is 8.91. The zero-order valence-corrected chi connectivity index (χ0v) is 28.9. The summed E-state index contributed by atoms with van der Waals surface area (Å²) in [5.41, 5.74) is 12.7. The van der Waals surface area contributed by atoms with Crippen molar-refractivity contribution in [2.24, 2.45) is 10.1 Å². The first-order valence-corrected chi connectivity index (χ1v) is 17.0. The van der Waals surface area contributed by atoms with E-state index in [1.165, 1.54) is 0 Å².